The van der Waals surface area contributed by atoms with E-state index in [-0.39, 0.29) is 0 Å². The fraction of sp³-hybridized carbons (Fsp3) is 0.938. The van der Waals surface area contributed by atoms with Crippen molar-refractivity contribution < 1.29 is 4.74 Å². The molecule has 0 spiro atoms. The zero-order valence-corrected chi connectivity index (χ0v) is 14.0. The van der Waals surface area contributed by atoms with Crippen molar-refractivity contribution in [2.45, 2.75) is 38.6 Å². The summed E-state index contributed by atoms with van der Waals surface area (Å²) in [5.74, 6) is 2.79. The molecule has 3 aliphatic rings. The Kier molecular flexibility index (Phi) is 5.35. The Morgan fingerprint density at radius 3 is 2.76 bits per heavy atom. The number of rotatable bonds is 5. The molecule has 2 aliphatic carbocycles. The third-order valence-corrected chi connectivity index (χ3v) is 5.87. The summed E-state index contributed by atoms with van der Waals surface area (Å²) in [6.07, 6.45) is 5.79. The number of fused-ring (bicyclic) bond motifs is 2. The fourth-order valence-electron chi connectivity index (χ4n) is 4.42. The topological polar surface area (TPSA) is 36.5 Å². The highest BCUT2D eigenvalue weighted by Gasteiger charge is 2.41. The van der Waals surface area contributed by atoms with Gasteiger partial charge in [-0.15, -0.1) is 0 Å². The molecule has 3 rings (SSSR count). The first-order valence-electron chi connectivity index (χ1n) is 8.57. The number of nitrogens with zero attached hydrogens (tertiary/aromatic N) is 1. The van der Waals surface area contributed by atoms with Crippen LogP contribution in [0, 0.1) is 17.8 Å². The highest BCUT2D eigenvalue weighted by atomic mass is 32.1. The Balaban J connectivity index is 1.32. The van der Waals surface area contributed by atoms with Gasteiger partial charge in [0.15, 0.2) is 5.11 Å². The number of hydrogen-bond acceptors (Lipinski definition) is 3. The molecule has 0 aromatic carbocycles. The summed E-state index contributed by atoms with van der Waals surface area (Å²) in [6, 6.07) is 0.517. The van der Waals surface area contributed by atoms with E-state index in [1.807, 2.05) is 0 Å². The monoisotopic (exact) mass is 311 g/mol. The third-order valence-electron chi connectivity index (χ3n) is 5.61. The van der Waals surface area contributed by atoms with Gasteiger partial charge >= 0.3 is 0 Å². The van der Waals surface area contributed by atoms with E-state index in [0.29, 0.717) is 6.04 Å². The normalized spacial score (nSPS) is 33.9. The lowest BCUT2D eigenvalue weighted by molar-refractivity contribution is 0.0389. The summed E-state index contributed by atoms with van der Waals surface area (Å²) in [6.45, 7) is 8.10. The molecule has 0 radical (unpaired) electrons. The van der Waals surface area contributed by atoms with Crippen LogP contribution < -0.4 is 10.6 Å². The molecule has 1 heterocycles. The molecule has 5 heteroatoms. The average molecular weight is 311 g/mol. The molecule has 0 amide bonds. The predicted octanol–water partition coefficient (Wildman–Crippen LogP) is 1.61. The largest absolute Gasteiger partial charge is 0.379 e. The molecular weight excluding hydrogens is 282 g/mol. The quantitative estimate of drug-likeness (QED) is 0.755. The van der Waals surface area contributed by atoms with Gasteiger partial charge in [-0.1, -0.05) is 6.42 Å². The second-order valence-electron chi connectivity index (χ2n) is 6.98. The second kappa shape index (κ2) is 7.25. The van der Waals surface area contributed by atoms with Gasteiger partial charge in [-0.2, -0.15) is 0 Å². The molecule has 1 saturated heterocycles. The molecule has 4 atom stereocenters. The van der Waals surface area contributed by atoms with Crippen molar-refractivity contribution in [3.8, 4) is 0 Å². The van der Waals surface area contributed by atoms with E-state index >= 15 is 0 Å². The summed E-state index contributed by atoms with van der Waals surface area (Å²) < 4.78 is 5.36. The smallest absolute Gasteiger partial charge is 0.166 e. The Morgan fingerprint density at radius 1 is 1.29 bits per heavy atom. The van der Waals surface area contributed by atoms with Gasteiger partial charge in [0.05, 0.1) is 13.2 Å². The zero-order chi connectivity index (χ0) is 14.7. The second-order valence-corrected chi connectivity index (χ2v) is 7.39. The minimum atomic E-state index is 0.517. The highest BCUT2D eigenvalue weighted by Crippen LogP contribution is 2.49. The van der Waals surface area contributed by atoms with E-state index in [0.717, 1.165) is 62.3 Å². The van der Waals surface area contributed by atoms with Crippen molar-refractivity contribution >= 4 is 17.3 Å². The molecule has 4 nitrogen and oxygen atoms in total. The molecule has 3 fully saturated rings. The predicted molar refractivity (Wildman–Crippen MR) is 89.4 cm³/mol. The van der Waals surface area contributed by atoms with Crippen LogP contribution in [0.2, 0.25) is 0 Å². The van der Waals surface area contributed by atoms with Crippen molar-refractivity contribution in [2.75, 3.05) is 39.4 Å². The Hall–Kier alpha value is -0.390. The molecule has 120 valence electrons. The molecule has 0 aromatic rings. The van der Waals surface area contributed by atoms with Crippen molar-refractivity contribution in [1.82, 2.24) is 15.5 Å². The van der Waals surface area contributed by atoms with Gasteiger partial charge in [0.2, 0.25) is 0 Å². The molecule has 0 unspecified atom stereocenters. The van der Waals surface area contributed by atoms with E-state index in [1.54, 1.807) is 0 Å². The summed E-state index contributed by atoms with van der Waals surface area (Å²) in [4.78, 5) is 2.43. The van der Waals surface area contributed by atoms with Crippen LogP contribution >= 0.6 is 12.2 Å². The van der Waals surface area contributed by atoms with Crippen molar-refractivity contribution in [2.24, 2.45) is 17.8 Å². The summed E-state index contributed by atoms with van der Waals surface area (Å²) in [7, 11) is 0. The van der Waals surface area contributed by atoms with Gasteiger partial charge in [-0.25, -0.2) is 0 Å². The highest BCUT2D eigenvalue weighted by molar-refractivity contribution is 7.80. The number of morpholine rings is 1. The van der Waals surface area contributed by atoms with Gasteiger partial charge in [0, 0.05) is 32.2 Å². The van der Waals surface area contributed by atoms with Crippen molar-refractivity contribution in [3.05, 3.63) is 0 Å². The maximum Gasteiger partial charge on any atom is 0.166 e. The lowest BCUT2D eigenvalue weighted by Crippen LogP contribution is -2.47. The van der Waals surface area contributed by atoms with Crippen LogP contribution in [0.25, 0.3) is 0 Å². The van der Waals surface area contributed by atoms with E-state index in [9.17, 15) is 0 Å². The van der Waals surface area contributed by atoms with Crippen LogP contribution in [-0.2, 0) is 4.74 Å². The van der Waals surface area contributed by atoms with Crippen molar-refractivity contribution in [3.63, 3.8) is 0 Å². The van der Waals surface area contributed by atoms with Crippen molar-refractivity contribution in [1.29, 1.82) is 0 Å². The number of ether oxygens (including phenoxy) is 1. The van der Waals surface area contributed by atoms with Gasteiger partial charge in [-0.05, 0) is 56.2 Å². The van der Waals surface area contributed by atoms with Crippen LogP contribution in [0.4, 0.5) is 0 Å². The van der Waals surface area contributed by atoms with Crippen LogP contribution in [0.1, 0.15) is 32.6 Å². The summed E-state index contributed by atoms with van der Waals surface area (Å²) in [5, 5.41) is 7.72. The number of hydrogen-bond donors (Lipinski definition) is 2. The van der Waals surface area contributed by atoms with E-state index < -0.39 is 0 Å². The third kappa shape index (κ3) is 4.08. The first kappa shape index (κ1) is 15.5. The van der Waals surface area contributed by atoms with Gasteiger partial charge in [0.25, 0.3) is 0 Å². The van der Waals surface area contributed by atoms with E-state index in [1.165, 1.54) is 25.7 Å². The molecule has 2 bridgehead atoms. The van der Waals surface area contributed by atoms with Crippen LogP contribution in [-0.4, -0.2) is 55.4 Å². The van der Waals surface area contributed by atoms with Crippen LogP contribution in [0.15, 0.2) is 0 Å². The lowest BCUT2D eigenvalue weighted by atomic mass is 9.84. The maximum atomic E-state index is 5.45. The molecule has 1 aliphatic heterocycles. The fourth-order valence-corrected chi connectivity index (χ4v) is 4.71. The van der Waals surface area contributed by atoms with Crippen LogP contribution in [0.3, 0.4) is 0 Å². The first-order chi connectivity index (χ1) is 10.2. The minimum Gasteiger partial charge on any atom is -0.379 e. The minimum absolute atomic E-state index is 0.517. The molecule has 2 saturated carbocycles. The zero-order valence-electron chi connectivity index (χ0n) is 13.1. The number of thiocarbonyl (C=S) groups is 1. The first-order valence-corrected chi connectivity index (χ1v) is 8.97. The Labute approximate surface area is 134 Å². The average Bonchev–Trinajstić information content (AvgIpc) is 3.11. The van der Waals surface area contributed by atoms with Gasteiger partial charge in [-0.3, -0.25) is 4.90 Å². The SMILES string of the molecule is C[C@@H](NC(=S)NCCN1CCOCC1)[C@@H]1C[C@H]2CC[C@H]1C2. The standard InChI is InChI=1S/C16H29N3OS/c1-12(15-11-13-2-3-14(15)10-13)18-16(21)17-4-5-19-6-8-20-9-7-19/h12-15H,2-11H2,1H3,(H2,17,18,21)/t12-,13+,14+,15+/m1/s1. The molecular formula is C16H29N3OS. The van der Waals surface area contributed by atoms with Gasteiger partial charge < -0.3 is 15.4 Å². The van der Waals surface area contributed by atoms with Gasteiger partial charge in [0.1, 0.15) is 0 Å². The van der Waals surface area contributed by atoms with Crippen LogP contribution in [0.5, 0.6) is 0 Å². The lowest BCUT2D eigenvalue weighted by Gasteiger charge is -2.30. The Bertz CT molecular complexity index is 359. The summed E-state index contributed by atoms with van der Waals surface area (Å²) >= 11 is 5.45. The van der Waals surface area contributed by atoms with E-state index in [4.69, 9.17) is 17.0 Å². The molecule has 0 aromatic heterocycles. The summed E-state index contributed by atoms with van der Waals surface area (Å²) in [5.41, 5.74) is 0. The molecule has 2 N–H and O–H groups in total. The molecule has 21 heavy (non-hydrogen) atoms. The maximum absolute atomic E-state index is 5.45. The Morgan fingerprint density at radius 2 is 2.10 bits per heavy atom. The number of nitrogens with one attached hydrogen (secondary N) is 2. The van der Waals surface area contributed by atoms with E-state index in [2.05, 4.69) is 22.5 Å².